The summed E-state index contributed by atoms with van der Waals surface area (Å²) in [4.78, 5) is 0. The average molecular weight is 220 g/mol. The lowest BCUT2D eigenvalue weighted by Crippen LogP contribution is -2.15. The summed E-state index contributed by atoms with van der Waals surface area (Å²) in [5, 5.41) is 13.2. The molecule has 0 saturated heterocycles. The molecular weight excluding hydrogens is 209 g/mol. The molecule has 1 aromatic carbocycles. The molecule has 2 N–H and O–H groups in total. The van der Waals surface area contributed by atoms with Crippen LogP contribution in [0.2, 0.25) is 10.0 Å². The van der Waals surface area contributed by atoms with Crippen LogP contribution in [-0.4, -0.2) is 17.8 Å². The Morgan fingerprint density at radius 3 is 2.77 bits per heavy atom. The summed E-state index contributed by atoms with van der Waals surface area (Å²) < 4.78 is 0. The number of halogens is 2. The van der Waals surface area contributed by atoms with Gasteiger partial charge in [0.1, 0.15) is 0 Å². The lowest BCUT2D eigenvalue weighted by molar-refractivity contribution is 0.208. The quantitative estimate of drug-likeness (QED) is 0.820. The Labute approximate surface area is 87.5 Å². The Kier molecular flexibility index (Phi) is 3.85. The van der Waals surface area contributed by atoms with Crippen LogP contribution in [-0.2, 0) is 0 Å². The van der Waals surface area contributed by atoms with Crippen LogP contribution in [0, 0.1) is 0 Å². The van der Waals surface area contributed by atoms with Crippen LogP contribution < -0.4 is 5.32 Å². The molecule has 0 aliphatic carbocycles. The normalized spacial score (nSPS) is 12.6. The molecule has 1 rings (SSSR count). The summed E-state index contributed by atoms with van der Waals surface area (Å²) in [6.07, 6.45) is -0.407. The maximum absolute atomic E-state index is 9.04. The van der Waals surface area contributed by atoms with Gasteiger partial charge in [0.15, 0.2) is 0 Å². The highest BCUT2D eigenvalue weighted by molar-refractivity contribution is 6.35. The van der Waals surface area contributed by atoms with E-state index in [1.807, 2.05) is 0 Å². The summed E-state index contributed by atoms with van der Waals surface area (Å²) >= 11 is 11.6. The van der Waals surface area contributed by atoms with Crippen molar-refractivity contribution in [2.45, 2.75) is 13.0 Å². The zero-order chi connectivity index (χ0) is 9.84. The second-order valence-electron chi connectivity index (χ2n) is 2.85. The molecule has 0 amide bonds. The van der Waals surface area contributed by atoms with E-state index in [1.165, 1.54) is 0 Å². The molecule has 13 heavy (non-hydrogen) atoms. The first kappa shape index (κ1) is 10.6. The highest BCUT2D eigenvalue weighted by atomic mass is 35.5. The van der Waals surface area contributed by atoms with Gasteiger partial charge in [0.05, 0.1) is 16.8 Å². The zero-order valence-electron chi connectivity index (χ0n) is 7.22. The van der Waals surface area contributed by atoms with E-state index in [0.717, 1.165) is 5.69 Å². The Bertz CT molecular complexity index is 289. The fourth-order valence-electron chi connectivity index (χ4n) is 0.891. The van der Waals surface area contributed by atoms with E-state index in [-0.39, 0.29) is 0 Å². The Balaban J connectivity index is 2.70. The molecule has 0 aliphatic heterocycles. The number of hydrogen-bond acceptors (Lipinski definition) is 2. The molecule has 0 fully saturated rings. The van der Waals surface area contributed by atoms with Gasteiger partial charge in [-0.15, -0.1) is 0 Å². The number of benzene rings is 1. The van der Waals surface area contributed by atoms with E-state index in [1.54, 1.807) is 25.1 Å². The molecular formula is C9H11Cl2NO. The molecule has 0 spiro atoms. The molecule has 1 atom stereocenters. The smallest absolute Gasteiger partial charge is 0.0684 e. The van der Waals surface area contributed by atoms with Gasteiger partial charge in [0.25, 0.3) is 0 Å². The SMILES string of the molecule is CC(O)CNc1cc(Cl)ccc1Cl. The molecule has 2 nitrogen and oxygen atoms in total. The van der Waals surface area contributed by atoms with Crippen LogP contribution in [0.1, 0.15) is 6.92 Å². The summed E-state index contributed by atoms with van der Waals surface area (Å²) in [5.74, 6) is 0. The number of aliphatic hydroxyl groups excluding tert-OH is 1. The summed E-state index contributed by atoms with van der Waals surface area (Å²) in [5.41, 5.74) is 0.745. The minimum Gasteiger partial charge on any atom is -0.392 e. The molecule has 0 aromatic heterocycles. The van der Waals surface area contributed by atoms with Gasteiger partial charge in [-0.2, -0.15) is 0 Å². The van der Waals surface area contributed by atoms with Gasteiger partial charge in [-0.3, -0.25) is 0 Å². The van der Waals surface area contributed by atoms with Crippen molar-refractivity contribution >= 4 is 28.9 Å². The summed E-state index contributed by atoms with van der Waals surface area (Å²) in [7, 11) is 0. The second kappa shape index (κ2) is 4.70. The van der Waals surface area contributed by atoms with Crippen LogP contribution in [0.4, 0.5) is 5.69 Å². The van der Waals surface area contributed by atoms with Gasteiger partial charge in [0, 0.05) is 11.6 Å². The van der Waals surface area contributed by atoms with Gasteiger partial charge < -0.3 is 10.4 Å². The van der Waals surface area contributed by atoms with Gasteiger partial charge in [-0.25, -0.2) is 0 Å². The maximum Gasteiger partial charge on any atom is 0.0684 e. The number of anilines is 1. The van der Waals surface area contributed by atoms with Crippen molar-refractivity contribution in [1.29, 1.82) is 0 Å². The molecule has 0 aliphatic rings. The fourth-order valence-corrected chi connectivity index (χ4v) is 1.25. The lowest BCUT2D eigenvalue weighted by atomic mass is 10.3. The number of rotatable bonds is 3. The van der Waals surface area contributed by atoms with Crippen LogP contribution in [0.15, 0.2) is 18.2 Å². The first-order chi connectivity index (χ1) is 6.09. The maximum atomic E-state index is 9.04. The summed E-state index contributed by atoms with van der Waals surface area (Å²) in [6.45, 7) is 2.16. The largest absolute Gasteiger partial charge is 0.392 e. The topological polar surface area (TPSA) is 32.3 Å². The van der Waals surface area contributed by atoms with Crippen molar-refractivity contribution < 1.29 is 5.11 Å². The first-order valence-corrected chi connectivity index (χ1v) is 4.72. The van der Waals surface area contributed by atoms with Gasteiger partial charge in [-0.05, 0) is 25.1 Å². The predicted octanol–water partition coefficient (Wildman–Crippen LogP) is 2.79. The number of hydrogen-bond donors (Lipinski definition) is 2. The molecule has 0 heterocycles. The van der Waals surface area contributed by atoms with Crippen molar-refractivity contribution in [3.8, 4) is 0 Å². The van der Waals surface area contributed by atoms with Crippen molar-refractivity contribution in [1.82, 2.24) is 0 Å². The third-order valence-electron chi connectivity index (χ3n) is 1.52. The van der Waals surface area contributed by atoms with Crippen molar-refractivity contribution in [2.24, 2.45) is 0 Å². The Morgan fingerprint density at radius 2 is 2.15 bits per heavy atom. The second-order valence-corrected chi connectivity index (χ2v) is 3.70. The number of nitrogens with one attached hydrogen (secondary N) is 1. The van der Waals surface area contributed by atoms with E-state index >= 15 is 0 Å². The van der Waals surface area contributed by atoms with Crippen LogP contribution in [0.25, 0.3) is 0 Å². The van der Waals surface area contributed by atoms with Crippen molar-refractivity contribution in [2.75, 3.05) is 11.9 Å². The first-order valence-electron chi connectivity index (χ1n) is 3.96. The third-order valence-corrected chi connectivity index (χ3v) is 2.08. The zero-order valence-corrected chi connectivity index (χ0v) is 8.73. The van der Waals surface area contributed by atoms with Crippen molar-refractivity contribution in [3.63, 3.8) is 0 Å². The molecule has 1 aromatic rings. The lowest BCUT2D eigenvalue weighted by Gasteiger charge is -2.09. The standard InChI is InChI=1S/C9H11Cl2NO/c1-6(13)5-12-9-4-7(10)2-3-8(9)11/h2-4,6,12-13H,5H2,1H3. The van der Waals surface area contributed by atoms with Gasteiger partial charge in [0.2, 0.25) is 0 Å². The highest BCUT2D eigenvalue weighted by Crippen LogP contribution is 2.25. The van der Waals surface area contributed by atoms with E-state index < -0.39 is 6.10 Å². The van der Waals surface area contributed by atoms with E-state index in [0.29, 0.717) is 16.6 Å². The minimum absolute atomic E-state index is 0.407. The van der Waals surface area contributed by atoms with Crippen LogP contribution in [0.5, 0.6) is 0 Å². The van der Waals surface area contributed by atoms with Crippen molar-refractivity contribution in [3.05, 3.63) is 28.2 Å². The van der Waals surface area contributed by atoms with E-state index in [9.17, 15) is 0 Å². The fraction of sp³-hybridized carbons (Fsp3) is 0.333. The highest BCUT2D eigenvalue weighted by Gasteiger charge is 2.01. The monoisotopic (exact) mass is 219 g/mol. The number of aliphatic hydroxyl groups is 1. The third kappa shape index (κ3) is 3.43. The Hall–Kier alpha value is -0.440. The average Bonchev–Trinajstić information content (AvgIpc) is 2.06. The molecule has 0 bridgehead atoms. The van der Waals surface area contributed by atoms with Crippen LogP contribution >= 0.6 is 23.2 Å². The Morgan fingerprint density at radius 1 is 1.46 bits per heavy atom. The van der Waals surface area contributed by atoms with E-state index in [4.69, 9.17) is 28.3 Å². The summed E-state index contributed by atoms with van der Waals surface area (Å²) in [6, 6.07) is 5.16. The van der Waals surface area contributed by atoms with Gasteiger partial charge >= 0.3 is 0 Å². The molecule has 0 saturated carbocycles. The minimum atomic E-state index is -0.407. The molecule has 72 valence electrons. The molecule has 1 unspecified atom stereocenters. The predicted molar refractivity (Wildman–Crippen MR) is 56.6 cm³/mol. The van der Waals surface area contributed by atoms with Crippen LogP contribution in [0.3, 0.4) is 0 Å². The van der Waals surface area contributed by atoms with Gasteiger partial charge in [-0.1, -0.05) is 23.2 Å². The molecule has 4 heteroatoms. The molecule has 0 radical (unpaired) electrons. The van der Waals surface area contributed by atoms with E-state index in [2.05, 4.69) is 5.32 Å².